The van der Waals surface area contributed by atoms with Gasteiger partial charge in [0.25, 0.3) is 5.91 Å². The minimum Gasteiger partial charge on any atom is -0.350 e. The number of rotatable bonds is 4. The molecule has 5 heteroatoms. The molecule has 0 spiro atoms. The van der Waals surface area contributed by atoms with Crippen LogP contribution in [0.5, 0.6) is 0 Å². The van der Waals surface area contributed by atoms with E-state index in [4.69, 9.17) is 0 Å². The third kappa shape index (κ3) is 3.73. The van der Waals surface area contributed by atoms with Gasteiger partial charge in [0.05, 0.1) is 0 Å². The van der Waals surface area contributed by atoms with Gasteiger partial charge in [0.15, 0.2) is 0 Å². The molecule has 1 aromatic rings. The van der Waals surface area contributed by atoms with Crippen LogP contribution >= 0.6 is 0 Å². The first-order valence-electron chi connectivity index (χ1n) is 6.54. The largest absolute Gasteiger partial charge is 0.350 e. The van der Waals surface area contributed by atoms with Crippen molar-refractivity contribution in [3.05, 3.63) is 35.4 Å². The van der Waals surface area contributed by atoms with Crippen LogP contribution in [0.3, 0.4) is 0 Å². The van der Waals surface area contributed by atoms with E-state index in [1.54, 1.807) is 0 Å². The van der Waals surface area contributed by atoms with Gasteiger partial charge in [-0.3, -0.25) is 9.69 Å². The third-order valence-corrected chi connectivity index (χ3v) is 3.45. The summed E-state index contributed by atoms with van der Waals surface area (Å²) in [7, 11) is 0. The Kier molecular flexibility index (Phi) is 4.47. The number of nitrogens with one attached hydrogen (secondary N) is 1. The summed E-state index contributed by atoms with van der Waals surface area (Å²) in [6, 6.07) is 3.08. The molecule has 1 heterocycles. The number of hydrogen-bond acceptors (Lipinski definition) is 2. The summed E-state index contributed by atoms with van der Waals surface area (Å²) < 4.78 is 26.0. The van der Waals surface area contributed by atoms with Gasteiger partial charge in [-0.15, -0.1) is 0 Å². The highest BCUT2D eigenvalue weighted by atomic mass is 19.1. The van der Waals surface area contributed by atoms with E-state index in [0.717, 1.165) is 31.3 Å². The van der Waals surface area contributed by atoms with E-state index < -0.39 is 17.5 Å². The molecule has 1 aromatic carbocycles. The number of hydrogen-bond donors (Lipinski definition) is 1. The van der Waals surface area contributed by atoms with E-state index in [-0.39, 0.29) is 11.6 Å². The first-order chi connectivity index (χ1) is 9.06. The molecular formula is C14H18F2N2O. The normalized spacial score (nSPS) is 17.4. The van der Waals surface area contributed by atoms with E-state index in [9.17, 15) is 13.6 Å². The Labute approximate surface area is 111 Å². The average molecular weight is 268 g/mol. The highest BCUT2D eigenvalue weighted by molar-refractivity contribution is 5.94. The highest BCUT2D eigenvalue weighted by Crippen LogP contribution is 2.11. The lowest BCUT2D eigenvalue weighted by atomic mass is 10.2. The smallest absolute Gasteiger partial charge is 0.251 e. The van der Waals surface area contributed by atoms with Crippen LogP contribution in [0.4, 0.5) is 8.78 Å². The molecule has 1 saturated heterocycles. The SMILES string of the molecule is C[C@H](CNC(=O)c1cc(F)cc(F)c1)N1CCCC1. The van der Waals surface area contributed by atoms with Gasteiger partial charge in [-0.2, -0.15) is 0 Å². The zero-order chi connectivity index (χ0) is 13.8. The number of carbonyl (C=O) groups excluding carboxylic acids is 1. The van der Waals surface area contributed by atoms with Gasteiger partial charge in [0.1, 0.15) is 11.6 Å². The summed E-state index contributed by atoms with van der Waals surface area (Å²) in [5, 5.41) is 2.72. The van der Waals surface area contributed by atoms with Crippen molar-refractivity contribution in [2.75, 3.05) is 19.6 Å². The second-order valence-corrected chi connectivity index (χ2v) is 4.96. The number of nitrogens with zero attached hydrogens (tertiary/aromatic N) is 1. The minimum atomic E-state index is -0.738. The molecule has 0 aliphatic carbocycles. The molecule has 104 valence electrons. The van der Waals surface area contributed by atoms with Gasteiger partial charge in [0, 0.05) is 24.2 Å². The molecule has 1 atom stereocenters. The highest BCUT2D eigenvalue weighted by Gasteiger charge is 2.18. The fraction of sp³-hybridized carbons (Fsp3) is 0.500. The molecule has 0 radical (unpaired) electrons. The van der Waals surface area contributed by atoms with Crippen molar-refractivity contribution in [2.45, 2.75) is 25.8 Å². The summed E-state index contributed by atoms with van der Waals surface area (Å²) in [5.74, 6) is -1.92. The summed E-state index contributed by atoms with van der Waals surface area (Å²) in [5.41, 5.74) is 0.0196. The van der Waals surface area contributed by atoms with Crippen LogP contribution in [-0.4, -0.2) is 36.5 Å². The van der Waals surface area contributed by atoms with Gasteiger partial charge in [-0.05, 0) is 45.0 Å². The van der Waals surface area contributed by atoms with Crippen molar-refractivity contribution in [3.63, 3.8) is 0 Å². The summed E-state index contributed by atoms with van der Waals surface area (Å²) in [6.45, 7) is 4.62. The summed E-state index contributed by atoms with van der Waals surface area (Å²) in [4.78, 5) is 14.1. The minimum absolute atomic E-state index is 0.0196. The van der Waals surface area contributed by atoms with E-state index in [1.807, 2.05) is 6.92 Å². The fourth-order valence-corrected chi connectivity index (χ4v) is 2.34. The maximum atomic E-state index is 13.0. The molecule has 1 fully saturated rings. The summed E-state index contributed by atoms with van der Waals surface area (Å²) in [6.07, 6.45) is 2.38. The van der Waals surface area contributed by atoms with E-state index in [1.165, 1.54) is 12.8 Å². The Hall–Kier alpha value is -1.49. The third-order valence-electron chi connectivity index (χ3n) is 3.45. The number of carbonyl (C=O) groups is 1. The molecule has 1 amide bonds. The van der Waals surface area contributed by atoms with Crippen molar-refractivity contribution in [2.24, 2.45) is 0 Å². The quantitative estimate of drug-likeness (QED) is 0.907. The Bertz CT molecular complexity index is 439. The Balaban J connectivity index is 1.89. The standard InChI is InChI=1S/C14H18F2N2O/c1-10(18-4-2-3-5-18)9-17-14(19)11-6-12(15)8-13(16)7-11/h6-8,10H,2-5,9H2,1H3,(H,17,19)/t10-/m1/s1. The van der Waals surface area contributed by atoms with Gasteiger partial charge in [0.2, 0.25) is 0 Å². The lowest BCUT2D eigenvalue weighted by molar-refractivity contribution is 0.0939. The molecule has 1 N–H and O–H groups in total. The van der Waals surface area contributed by atoms with Crippen LogP contribution in [0, 0.1) is 11.6 Å². The molecule has 0 bridgehead atoms. The topological polar surface area (TPSA) is 32.3 Å². The van der Waals surface area contributed by atoms with Crippen molar-refractivity contribution in [1.29, 1.82) is 0 Å². The van der Waals surface area contributed by atoms with Crippen LogP contribution in [0.1, 0.15) is 30.1 Å². The molecule has 0 unspecified atom stereocenters. The van der Waals surface area contributed by atoms with Crippen molar-refractivity contribution < 1.29 is 13.6 Å². The Morgan fingerprint density at radius 1 is 1.26 bits per heavy atom. The lowest BCUT2D eigenvalue weighted by Gasteiger charge is -2.23. The maximum Gasteiger partial charge on any atom is 0.251 e. The maximum absolute atomic E-state index is 13.0. The molecular weight excluding hydrogens is 250 g/mol. The van der Waals surface area contributed by atoms with Gasteiger partial charge in [-0.25, -0.2) is 8.78 Å². The first kappa shape index (κ1) is 13.9. The van der Waals surface area contributed by atoms with E-state index in [0.29, 0.717) is 6.54 Å². The number of likely N-dealkylation sites (tertiary alicyclic amines) is 1. The van der Waals surface area contributed by atoms with Gasteiger partial charge < -0.3 is 5.32 Å². The second-order valence-electron chi connectivity index (χ2n) is 4.96. The van der Waals surface area contributed by atoms with Crippen molar-refractivity contribution in [3.8, 4) is 0 Å². The second kappa shape index (κ2) is 6.10. The molecule has 0 saturated carbocycles. The lowest BCUT2D eigenvalue weighted by Crippen LogP contribution is -2.40. The van der Waals surface area contributed by atoms with Crippen molar-refractivity contribution >= 4 is 5.91 Å². The molecule has 2 rings (SSSR count). The number of halogens is 2. The van der Waals surface area contributed by atoms with Crippen molar-refractivity contribution in [1.82, 2.24) is 10.2 Å². The Morgan fingerprint density at radius 2 is 1.84 bits per heavy atom. The van der Waals surface area contributed by atoms with E-state index >= 15 is 0 Å². The van der Waals surface area contributed by atoms with Gasteiger partial charge in [-0.1, -0.05) is 0 Å². The van der Waals surface area contributed by atoms with Crippen LogP contribution in [0.25, 0.3) is 0 Å². The van der Waals surface area contributed by atoms with Crippen LogP contribution < -0.4 is 5.32 Å². The predicted octanol–water partition coefficient (Wildman–Crippen LogP) is 2.18. The zero-order valence-corrected chi connectivity index (χ0v) is 11.0. The van der Waals surface area contributed by atoms with Crippen LogP contribution in [0.2, 0.25) is 0 Å². The van der Waals surface area contributed by atoms with Crippen LogP contribution in [-0.2, 0) is 0 Å². The fourth-order valence-electron chi connectivity index (χ4n) is 2.34. The number of amides is 1. The molecule has 1 aliphatic heterocycles. The molecule has 19 heavy (non-hydrogen) atoms. The molecule has 0 aromatic heterocycles. The van der Waals surface area contributed by atoms with Gasteiger partial charge >= 0.3 is 0 Å². The Morgan fingerprint density at radius 3 is 2.42 bits per heavy atom. The van der Waals surface area contributed by atoms with E-state index in [2.05, 4.69) is 10.2 Å². The van der Waals surface area contributed by atoms with Crippen LogP contribution in [0.15, 0.2) is 18.2 Å². The summed E-state index contributed by atoms with van der Waals surface area (Å²) >= 11 is 0. The zero-order valence-electron chi connectivity index (χ0n) is 11.0. The molecule has 3 nitrogen and oxygen atoms in total. The predicted molar refractivity (Wildman–Crippen MR) is 69.0 cm³/mol. The number of benzene rings is 1. The molecule has 1 aliphatic rings. The first-order valence-corrected chi connectivity index (χ1v) is 6.54. The average Bonchev–Trinajstić information content (AvgIpc) is 2.88. The monoisotopic (exact) mass is 268 g/mol.